The van der Waals surface area contributed by atoms with Crippen molar-refractivity contribution in [2.45, 2.75) is 5.03 Å². The molecule has 0 amide bonds. The van der Waals surface area contributed by atoms with Crippen molar-refractivity contribution < 1.29 is 0 Å². The Labute approximate surface area is 98.8 Å². The van der Waals surface area contributed by atoms with Gasteiger partial charge in [0.1, 0.15) is 11.4 Å². The Morgan fingerprint density at radius 2 is 2.06 bits per heavy atom. The quantitative estimate of drug-likeness (QED) is 0.498. The molecule has 0 unspecified atom stereocenters. The molecule has 0 saturated heterocycles. The number of nitrogens with two attached hydrogens (primary N) is 1. The lowest BCUT2D eigenvalue weighted by atomic mass is 10.2. The normalized spacial score (nSPS) is 11.3. The number of hydrogen-bond donors (Lipinski definition) is 1. The number of rotatable bonds is 4. The van der Waals surface area contributed by atoms with Gasteiger partial charge in [-0.1, -0.05) is 30.4 Å². The van der Waals surface area contributed by atoms with Crippen molar-refractivity contribution in [3.63, 3.8) is 0 Å². The Morgan fingerprint density at radius 1 is 1.19 bits per heavy atom. The summed E-state index contributed by atoms with van der Waals surface area (Å²) in [6.07, 6.45) is 5.62. The number of hydrogen-bond acceptors (Lipinski definition) is 4. The third-order valence-electron chi connectivity index (χ3n) is 2.13. The number of thioether (sulfide) groups is 1. The van der Waals surface area contributed by atoms with Crippen LogP contribution in [-0.2, 0) is 0 Å². The van der Waals surface area contributed by atoms with E-state index in [2.05, 4.69) is 16.0 Å². The first-order valence-electron chi connectivity index (χ1n) is 5.09. The van der Waals surface area contributed by atoms with E-state index in [1.54, 1.807) is 18.1 Å². The van der Waals surface area contributed by atoms with E-state index in [0.29, 0.717) is 6.54 Å². The zero-order valence-corrected chi connectivity index (χ0v) is 9.65. The molecule has 2 N–H and O–H groups in total. The highest BCUT2D eigenvalue weighted by atomic mass is 32.2. The van der Waals surface area contributed by atoms with Gasteiger partial charge in [-0.15, -0.1) is 11.8 Å². The monoisotopic (exact) mass is 231 g/mol. The van der Waals surface area contributed by atoms with Gasteiger partial charge < -0.3 is 5.73 Å². The molecule has 0 aliphatic rings. The lowest BCUT2D eigenvalue weighted by Gasteiger charge is -2.02. The van der Waals surface area contributed by atoms with E-state index in [9.17, 15) is 0 Å². The van der Waals surface area contributed by atoms with Gasteiger partial charge in [0, 0.05) is 17.7 Å². The summed E-state index contributed by atoms with van der Waals surface area (Å²) in [7, 11) is 0. The van der Waals surface area contributed by atoms with Crippen LogP contribution in [0, 0.1) is 0 Å². The van der Waals surface area contributed by atoms with Gasteiger partial charge in [0.25, 0.3) is 0 Å². The van der Waals surface area contributed by atoms with E-state index in [1.165, 1.54) is 0 Å². The van der Waals surface area contributed by atoms with Crippen LogP contribution in [0.15, 0.2) is 47.8 Å². The topological polar surface area (TPSA) is 51.8 Å². The van der Waals surface area contributed by atoms with E-state index >= 15 is 0 Å². The minimum Gasteiger partial charge on any atom is -0.327 e. The molecule has 0 spiro atoms. The molecule has 2 rings (SSSR count). The summed E-state index contributed by atoms with van der Waals surface area (Å²) in [5.74, 6) is 0.887. The summed E-state index contributed by atoms with van der Waals surface area (Å²) in [4.78, 5) is 8.52. The van der Waals surface area contributed by atoms with E-state index in [4.69, 9.17) is 5.73 Å². The summed E-state index contributed by atoms with van der Waals surface area (Å²) in [5.41, 5.74) is 6.37. The molecule has 0 bridgehead atoms. The first kappa shape index (κ1) is 11.1. The van der Waals surface area contributed by atoms with Gasteiger partial charge in [0.15, 0.2) is 0 Å². The van der Waals surface area contributed by atoms with Crippen molar-refractivity contribution in [1.82, 2.24) is 9.97 Å². The van der Waals surface area contributed by atoms with Crippen molar-refractivity contribution in [3.05, 3.63) is 42.7 Å². The molecule has 0 atom stereocenters. The van der Waals surface area contributed by atoms with Gasteiger partial charge in [0.05, 0.1) is 5.52 Å². The fourth-order valence-electron chi connectivity index (χ4n) is 1.39. The molecule has 82 valence electrons. The predicted molar refractivity (Wildman–Crippen MR) is 68.5 cm³/mol. The fraction of sp³-hybridized carbons (Fsp3) is 0.167. The Hall–Kier alpha value is -1.39. The standard InChI is InChI=1S/C12H13N3S/c13-7-3-4-8-16-12-10-5-1-2-6-11(10)14-9-15-12/h1-6,9H,7-8,13H2. The van der Waals surface area contributed by atoms with Crippen molar-refractivity contribution >= 4 is 22.7 Å². The van der Waals surface area contributed by atoms with Gasteiger partial charge in [-0.3, -0.25) is 0 Å². The Balaban J connectivity index is 2.20. The summed E-state index contributed by atoms with van der Waals surface area (Å²) in [6.45, 7) is 0.588. The average Bonchev–Trinajstić information content (AvgIpc) is 2.35. The van der Waals surface area contributed by atoms with Crippen LogP contribution in [-0.4, -0.2) is 22.3 Å². The van der Waals surface area contributed by atoms with Crippen LogP contribution in [0.2, 0.25) is 0 Å². The van der Waals surface area contributed by atoms with Gasteiger partial charge in [-0.2, -0.15) is 0 Å². The molecule has 1 aromatic carbocycles. The summed E-state index contributed by atoms with van der Waals surface area (Å²) in [5, 5.41) is 2.13. The van der Waals surface area contributed by atoms with Crippen LogP contribution in [0.3, 0.4) is 0 Å². The Kier molecular flexibility index (Phi) is 3.91. The fourth-order valence-corrected chi connectivity index (χ4v) is 2.23. The first-order valence-corrected chi connectivity index (χ1v) is 6.08. The summed E-state index contributed by atoms with van der Waals surface area (Å²) < 4.78 is 0. The van der Waals surface area contributed by atoms with Crippen LogP contribution in [0.4, 0.5) is 0 Å². The lowest BCUT2D eigenvalue weighted by Crippen LogP contribution is -1.92. The van der Waals surface area contributed by atoms with Gasteiger partial charge >= 0.3 is 0 Å². The summed E-state index contributed by atoms with van der Waals surface area (Å²) in [6, 6.07) is 8.03. The second-order valence-electron chi connectivity index (χ2n) is 3.21. The average molecular weight is 231 g/mol. The molecular formula is C12H13N3S. The third kappa shape index (κ3) is 2.59. The smallest absolute Gasteiger partial charge is 0.117 e. The number of fused-ring (bicyclic) bond motifs is 1. The molecule has 16 heavy (non-hydrogen) atoms. The maximum absolute atomic E-state index is 5.38. The summed E-state index contributed by atoms with van der Waals surface area (Å²) >= 11 is 1.70. The zero-order chi connectivity index (χ0) is 11.2. The molecule has 3 nitrogen and oxygen atoms in total. The SMILES string of the molecule is NCC=CCSc1ncnc2ccccc12. The Bertz CT molecular complexity index is 491. The highest BCUT2D eigenvalue weighted by molar-refractivity contribution is 7.99. The van der Waals surface area contributed by atoms with Crippen molar-refractivity contribution in [3.8, 4) is 0 Å². The molecular weight excluding hydrogens is 218 g/mol. The van der Waals surface area contributed by atoms with Crippen molar-refractivity contribution in [1.29, 1.82) is 0 Å². The van der Waals surface area contributed by atoms with Crippen LogP contribution in [0.1, 0.15) is 0 Å². The zero-order valence-electron chi connectivity index (χ0n) is 8.84. The maximum Gasteiger partial charge on any atom is 0.117 e. The minimum atomic E-state index is 0.588. The minimum absolute atomic E-state index is 0.588. The van der Waals surface area contributed by atoms with Crippen molar-refractivity contribution in [2.24, 2.45) is 5.73 Å². The van der Waals surface area contributed by atoms with E-state index < -0.39 is 0 Å². The second-order valence-corrected chi connectivity index (χ2v) is 4.22. The number of benzene rings is 1. The number of nitrogens with zero attached hydrogens (tertiary/aromatic N) is 2. The van der Waals surface area contributed by atoms with Crippen molar-refractivity contribution in [2.75, 3.05) is 12.3 Å². The van der Waals surface area contributed by atoms with Gasteiger partial charge in [-0.05, 0) is 6.07 Å². The number of para-hydroxylation sites is 1. The number of aromatic nitrogens is 2. The highest BCUT2D eigenvalue weighted by Crippen LogP contribution is 2.23. The molecule has 0 aliphatic carbocycles. The van der Waals surface area contributed by atoms with Crippen LogP contribution in [0.5, 0.6) is 0 Å². The second kappa shape index (κ2) is 5.63. The molecule has 4 heteroatoms. The van der Waals surface area contributed by atoms with E-state index in [1.807, 2.05) is 30.3 Å². The van der Waals surface area contributed by atoms with E-state index in [0.717, 1.165) is 21.7 Å². The van der Waals surface area contributed by atoms with Gasteiger partial charge in [-0.25, -0.2) is 9.97 Å². The molecule has 2 aromatic rings. The Morgan fingerprint density at radius 3 is 2.94 bits per heavy atom. The molecule has 0 aliphatic heterocycles. The molecule has 1 heterocycles. The van der Waals surface area contributed by atoms with Gasteiger partial charge in [0.2, 0.25) is 0 Å². The molecule has 1 aromatic heterocycles. The highest BCUT2D eigenvalue weighted by Gasteiger charge is 2.01. The van der Waals surface area contributed by atoms with Crippen LogP contribution < -0.4 is 5.73 Å². The lowest BCUT2D eigenvalue weighted by molar-refractivity contribution is 1.10. The third-order valence-corrected chi connectivity index (χ3v) is 3.08. The molecule has 0 saturated carbocycles. The first-order chi connectivity index (χ1) is 7.92. The predicted octanol–water partition coefficient (Wildman–Crippen LogP) is 2.24. The molecule has 0 fully saturated rings. The largest absolute Gasteiger partial charge is 0.327 e. The van der Waals surface area contributed by atoms with Crippen LogP contribution >= 0.6 is 11.8 Å². The molecule has 0 radical (unpaired) electrons. The maximum atomic E-state index is 5.38. The van der Waals surface area contributed by atoms with E-state index in [-0.39, 0.29) is 0 Å². The van der Waals surface area contributed by atoms with Crippen LogP contribution in [0.25, 0.3) is 10.9 Å².